The monoisotopic (exact) mass is 316 g/mol. The zero-order valence-corrected chi connectivity index (χ0v) is 11.8. The Balaban J connectivity index is 2.32. The molecule has 0 aliphatic carbocycles. The number of phenolic OH excluding ortho intramolecular Hbond substituents is 1. The number of H-pyrrole nitrogens is 1. The van der Waals surface area contributed by atoms with Gasteiger partial charge in [0.25, 0.3) is 0 Å². The number of nitrogens with one attached hydrogen (secondary N) is 1. The average molecular weight is 316 g/mol. The summed E-state index contributed by atoms with van der Waals surface area (Å²) in [7, 11) is 0. The van der Waals surface area contributed by atoms with Crippen LogP contribution in [0.25, 0.3) is 22.0 Å². The van der Waals surface area contributed by atoms with Gasteiger partial charge in [-0.2, -0.15) is 18.4 Å². The zero-order chi connectivity index (χ0) is 16.6. The molecule has 23 heavy (non-hydrogen) atoms. The number of alkyl halides is 3. The Hall–Kier alpha value is -2.94. The molecule has 116 valence electrons. The minimum atomic E-state index is -4.48. The summed E-state index contributed by atoms with van der Waals surface area (Å²) in [5.74, 6) is -0.0697. The number of aromatic nitrogens is 1. The van der Waals surface area contributed by atoms with E-state index in [-0.39, 0.29) is 17.7 Å². The van der Waals surface area contributed by atoms with E-state index in [1.165, 1.54) is 36.5 Å². The molecular formula is C17H11F3N2O. The molecule has 1 aromatic heterocycles. The fourth-order valence-corrected chi connectivity index (χ4v) is 2.71. The third-order valence-corrected chi connectivity index (χ3v) is 3.69. The first kappa shape index (κ1) is 15.0. The molecule has 0 saturated heterocycles. The van der Waals surface area contributed by atoms with Crippen molar-refractivity contribution >= 4 is 10.9 Å². The normalized spacial score (nSPS) is 11.6. The van der Waals surface area contributed by atoms with Gasteiger partial charge < -0.3 is 10.1 Å². The number of aromatic amines is 1. The van der Waals surface area contributed by atoms with E-state index in [4.69, 9.17) is 5.26 Å². The quantitative estimate of drug-likeness (QED) is 0.724. The molecular weight excluding hydrogens is 305 g/mol. The van der Waals surface area contributed by atoms with Crippen LogP contribution >= 0.6 is 0 Å². The van der Waals surface area contributed by atoms with Crippen LogP contribution in [0.1, 0.15) is 11.1 Å². The summed E-state index contributed by atoms with van der Waals surface area (Å²) in [4.78, 5) is 2.88. The van der Waals surface area contributed by atoms with Gasteiger partial charge in [-0.05, 0) is 29.3 Å². The van der Waals surface area contributed by atoms with Crippen molar-refractivity contribution < 1.29 is 18.3 Å². The molecule has 0 aliphatic heterocycles. The van der Waals surface area contributed by atoms with Crippen molar-refractivity contribution in [1.82, 2.24) is 4.98 Å². The molecule has 3 aromatic rings. The Labute approximate surface area is 129 Å². The first-order valence-corrected chi connectivity index (χ1v) is 6.79. The van der Waals surface area contributed by atoms with Crippen LogP contribution in [0.3, 0.4) is 0 Å². The lowest BCUT2D eigenvalue weighted by Crippen LogP contribution is -2.07. The summed E-state index contributed by atoms with van der Waals surface area (Å²) in [6, 6.07) is 10.0. The molecule has 1 heterocycles. The third-order valence-electron chi connectivity index (χ3n) is 3.69. The molecule has 0 fully saturated rings. The predicted octanol–water partition coefficient (Wildman–Crippen LogP) is 4.63. The van der Waals surface area contributed by atoms with Gasteiger partial charge in [0.05, 0.1) is 23.6 Å². The summed E-state index contributed by atoms with van der Waals surface area (Å²) in [5.41, 5.74) is 0.534. The summed E-state index contributed by atoms with van der Waals surface area (Å²) >= 11 is 0. The second-order valence-corrected chi connectivity index (χ2v) is 5.07. The SMILES string of the molecule is N#CCc1c[nH]c2c(-c3ccccc3C(F)(F)F)ccc(O)c12. The van der Waals surface area contributed by atoms with E-state index in [1.807, 2.05) is 6.07 Å². The number of hydrogen-bond acceptors (Lipinski definition) is 2. The largest absolute Gasteiger partial charge is 0.507 e. The Morgan fingerprint density at radius 1 is 1.09 bits per heavy atom. The molecule has 0 bridgehead atoms. The maximum absolute atomic E-state index is 13.2. The van der Waals surface area contributed by atoms with Crippen molar-refractivity contribution in [2.24, 2.45) is 0 Å². The zero-order valence-electron chi connectivity index (χ0n) is 11.8. The molecule has 6 heteroatoms. The summed E-state index contributed by atoms with van der Waals surface area (Å²) in [6.07, 6.45) is -2.89. The first-order chi connectivity index (χ1) is 10.9. The van der Waals surface area contributed by atoms with E-state index >= 15 is 0 Å². The van der Waals surface area contributed by atoms with Crippen molar-refractivity contribution in [2.75, 3.05) is 0 Å². The van der Waals surface area contributed by atoms with Crippen LogP contribution in [-0.4, -0.2) is 10.1 Å². The number of nitriles is 1. The molecule has 0 aliphatic rings. The van der Waals surface area contributed by atoms with Gasteiger partial charge in [-0.15, -0.1) is 0 Å². The Morgan fingerprint density at radius 3 is 2.52 bits per heavy atom. The highest BCUT2D eigenvalue weighted by atomic mass is 19.4. The molecule has 0 amide bonds. The van der Waals surface area contributed by atoms with Gasteiger partial charge in [-0.1, -0.05) is 18.2 Å². The van der Waals surface area contributed by atoms with E-state index in [0.717, 1.165) is 6.07 Å². The fraction of sp³-hybridized carbons (Fsp3) is 0.118. The highest BCUT2D eigenvalue weighted by molar-refractivity contribution is 6.00. The topological polar surface area (TPSA) is 59.8 Å². The van der Waals surface area contributed by atoms with Crippen LogP contribution in [0.2, 0.25) is 0 Å². The lowest BCUT2D eigenvalue weighted by atomic mass is 9.96. The lowest BCUT2D eigenvalue weighted by molar-refractivity contribution is -0.137. The maximum Gasteiger partial charge on any atom is 0.417 e. The molecule has 0 spiro atoms. The molecule has 3 rings (SSSR count). The Morgan fingerprint density at radius 2 is 1.83 bits per heavy atom. The van der Waals surface area contributed by atoms with Crippen molar-refractivity contribution in [3.63, 3.8) is 0 Å². The second kappa shape index (κ2) is 5.36. The summed E-state index contributed by atoms with van der Waals surface area (Å²) in [6.45, 7) is 0. The average Bonchev–Trinajstić information content (AvgIpc) is 2.92. The molecule has 0 unspecified atom stereocenters. The number of fused-ring (bicyclic) bond motifs is 1. The van der Waals surface area contributed by atoms with Crippen LogP contribution in [0.4, 0.5) is 13.2 Å². The van der Waals surface area contributed by atoms with E-state index in [9.17, 15) is 18.3 Å². The van der Waals surface area contributed by atoms with Crippen LogP contribution in [0.15, 0.2) is 42.6 Å². The number of phenols is 1. The van der Waals surface area contributed by atoms with Gasteiger partial charge in [-0.25, -0.2) is 0 Å². The Kier molecular flexibility index (Phi) is 3.49. The minimum Gasteiger partial charge on any atom is -0.507 e. The highest BCUT2D eigenvalue weighted by Crippen LogP contribution is 2.41. The van der Waals surface area contributed by atoms with E-state index in [2.05, 4.69) is 4.98 Å². The molecule has 3 nitrogen and oxygen atoms in total. The summed E-state index contributed by atoms with van der Waals surface area (Å²) < 4.78 is 39.7. The molecule has 2 aromatic carbocycles. The van der Waals surface area contributed by atoms with Crippen LogP contribution in [0, 0.1) is 11.3 Å². The van der Waals surface area contributed by atoms with Crippen LogP contribution in [0.5, 0.6) is 5.75 Å². The number of benzene rings is 2. The van der Waals surface area contributed by atoms with E-state index in [0.29, 0.717) is 22.0 Å². The third kappa shape index (κ3) is 2.50. The minimum absolute atomic E-state index is 0.0235. The maximum atomic E-state index is 13.2. The van der Waals surface area contributed by atoms with E-state index < -0.39 is 11.7 Å². The number of aromatic hydroxyl groups is 1. The van der Waals surface area contributed by atoms with Crippen molar-refractivity contribution in [1.29, 1.82) is 5.26 Å². The van der Waals surface area contributed by atoms with Gasteiger partial charge in [-0.3, -0.25) is 0 Å². The van der Waals surface area contributed by atoms with Gasteiger partial charge in [0.1, 0.15) is 5.75 Å². The fourth-order valence-electron chi connectivity index (χ4n) is 2.71. The smallest absolute Gasteiger partial charge is 0.417 e. The predicted molar refractivity (Wildman–Crippen MR) is 79.7 cm³/mol. The molecule has 0 atom stereocenters. The summed E-state index contributed by atoms with van der Waals surface area (Å²) in [5, 5.41) is 19.2. The number of hydrogen-bond donors (Lipinski definition) is 2. The van der Waals surface area contributed by atoms with Crippen LogP contribution < -0.4 is 0 Å². The lowest BCUT2D eigenvalue weighted by Gasteiger charge is -2.14. The van der Waals surface area contributed by atoms with E-state index in [1.54, 1.807) is 0 Å². The highest BCUT2D eigenvalue weighted by Gasteiger charge is 2.33. The standard InChI is InChI=1S/C17H11F3N2O/c18-17(19,20)13-4-2-1-3-11(13)12-5-6-14(23)15-10(7-8-21)9-22-16(12)15/h1-6,9,22-23H,7H2. The van der Waals surface area contributed by atoms with Gasteiger partial charge >= 0.3 is 6.18 Å². The molecule has 0 saturated carbocycles. The molecule has 0 radical (unpaired) electrons. The van der Waals surface area contributed by atoms with Crippen molar-refractivity contribution in [3.8, 4) is 22.9 Å². The number of nitrogens with zero attached hydrogens (tertiary/aromatic N) is 1. The first-order valence-electron chi connectivity index (χ1n) is 6.79. The number of rotatable bonds is 2. The van der Waals surface area contributed by atoms with Gasteiger partial charge in [0.15, 0.2) is 0 Å². The Bertz CT molecular complexity index is 920. The van der Waals surface area contributed by atoms with Gasteiger partial charge in [0.2, 0.25) is 0 Å². The molecule has 2 N–H and O–H groups in total. The second-order valence-electron chi connectivity index (χ2n) is 5.07. The van der Waals surface area contributed by atoms with Crippen molar-refractivity contribution in [2.45, 2.75) is 12.6 Å². The van der Waals surface area contributed by atoms with Crippen LogP contribution in [-0.2, 0) is 12.6 Å². The van der Waals surface area contributed by atoms with Gasteiger partial charge in [0, 0.05) is 17.1 Å². The number of halogens is 3. The van der Waals surface area contributed by atoms with Crippen molar-refractivity contribution in [3.05, 3.63) is 53.7 Å².